The second-order valence-corrected chi connectivity index (χ2v) is 10.0. The van der Waals surface area contributed by atoms with Crippen LogP contribution >= 0.6 is 23.2 Å². The molecule has 9 nitrogen and oxygen atoms in total. The number of nitrogens with zero attached hydrogens (tertiary/aromatic N) is 3. The molecule has 0 aliphatic carbocycles. The van der Waals surface area contributed by atoms with Crippen LogP contribution in [0.15, 0.2) is 64.4 Å². The van der Waals surface area contributed by atoms with Gasteiger partial charge in [-0.3, -0.25) is 14.2 Å². The first-order chi connectivity index (χ1) is 19.8. The topological polar surface area (TPSA) is 107 Å². The summed E-state index contributed by atoms with van der Waals surface area (Å²) >= 11 is 12.7. The van der Waals surface area contributed by atoms with Crippen LogP contribution < -0.4 is 20.9 Å². The number of hydrogen-bond acceptors (Lipinski definition) is 7. The van der Waals surface area contributed by atoms with Crippen molar-refractivity contribution in [1.82, 2.24) is 9.55 Å². The minimum absolute atomic E-state index is 0.0605. The lowest BCUT2D eigenvalue weighted by Crippen LogP contribution is -2.34. The van der Waals surface area contributed by atoms with Crippen LogP contribution in [-0.4, -0.2) is 48.5 Å². The normalized spacial score (nSPS) is 11.5. The fraction of sp³-hybridized carbons (Fsp3) is 0.267. The summed E-state index contributed by atoms with van der Waals surface area (Å²) in [5.74, 6) is -0.0557. The molecule has 0 atom stereocenters. The number of aromatic nitrogens is 2. The van der Waals surface area contributed by atoms with Gasteiger partial charge in [-0.05, 0) is 68.3 Å². The second kappa shape index (κ2) is 13.6. The van der Waals surface area contributed by atoms with E-state index in [1.165, 1.54) is 23.8 Å². The lowest BCUT2D eigenvalue weighted by atomic mass is 10.1. The number of carbonyl (C=O) groups excluding carboxylic acids is 1. The van der Waals surface area contributed by atoms with Gasteiger partial charge < -0.3 is 20.1 Å². The average molecular weight is 597 g/mol. The van der Waals surface area contributed by atoms with Crippen LogP contribution in [0.5, 0.6) is 5.75 Å². The fourth-order valence-electron chi connectivity index (χ4n) is 4.35. The predicted octanol–water partition coefficient (Wildman–Crippen LogP) is 6.25. The number of aryl methyl sites for hydroxylation is 1. The number of aliphatic imine (C=N–C) groups is 1. The molecular formula is C30H31Cl2N5O4. The Morgan fingerprint density at radius 2 is 1.88 bits per heavy atom. The van der Waals surface area contributed by atoms with Crippen molar-refractivity contribution in [3.8, 4) is 5.75 Å². The van der Waals surface area contributed by atoms with Crippen molar-refractivity contribution in [3.05, 3.63) is 86.4 Å². The van der Waals surface area contributed by atoms with Crippen molar-refractivity contribution in [2.75, 3.05) is 38.0 Å². The largest absolute Gasteiger partial charge is 0.495 e. The van der Waals surface area contributed by atoms with E-state index in [-0.39, 0.29) is 34.0 Å². The molecule has 1 heterocycles. The lowest BCUT2D eigenvalue weighted by Gasteiger charge is -2.17. The third-order valence-electron chi connectivity index (χ3n) is 6.30. The maximum Gasteiger partial charge on any atom is 0.278 e. The van der Waals surface area contributed by atoms with Gasteiger partial charge in [0.25, 0.3) is 11.5 Å². The van der Waals surface area contributed by atoms with Crippen molar-refractivity contribution >= 4 is 62.8 Å². The van der Waals surface area contributed by atoms with Gasteiger partial charge in [-0.25, -0.2) is 9.98 Å². The van der Waals surface area contributed by atoms with Crippen LogP contribution in [0.3, 0.4) is 0 Å². The van der Waals surface area contributed by atoms with Crippen LogP contribution in [0.4, 0.5) is 17.1 Å². The molecule has 0 spiro atoms. The predicted molar refractivity (Wildman–Crippen MR) is 166 cm³/mol. The quantitative estimate of drug-likeness (QED) is 0.157. The first kappa shape index (κ1) is 30.0. The standard InChI is InChI=1S/C30H31Cl2N5O4/c1-5-33-20-11-12-23(18(2)15-20)34-27(29(38)35-24-9-6-7-10-25(24)41-4)28-36-26-21(16-19(31)17-22(26)32)30(39)37(28)13-8-14-40-3/h6-7,9-12,15-17,33H,5,8,13-14H2,1-4H3,(H,35,38)/b34-27-. The average Bonchev–Trinajstić information content (AvgIpc) is 2.95. The third kappa shape index (κ3) is 6.87. The first-order valence-corrected chi connectivity index (χ1v) is 13.8. The van der Waals surface area contributed by atoms with Crippen molar-refractivity contribution in [3.63, 3.8) is 0 Å². The number of hydrogen-bond donors (Lipinski definition) is 2. The minimum atomic E-state index is -0.582. The van der Waals surface area contributed by atoms with E-state index in [9.17, 15) is 9.59 Å². The van der Waals surface area contributed by atoms with Gasteiger partial charge in [0, 0.05) is 37.5 Å². The number of benzene rings is 3. The van der Waals surface area contributed by atoms with Crippen molar-refractivity contribution in [2.24, 2.45) is 4.99 Å². The molecule has 1 amide bonds. The Morgan fingerprint density at radius 1 is 1.10 bits per heavy atom. The zero-order valence-electron chi connectivity index (χ0n) is 23.3. The van der Waals surface area contributed by atoms with Gasteiger partial charge in [0.05, 0.1) is 34.4 Å². The van der Waals surface area contributed by atoms with E-state index >= 15 is 0 Å². The number of amides is 1. The number of fused-ring (bicyclic) bond motifs is 1. The molecule has 0 radical (unpaired) electrons. The molecule has 4 aromatic rings. The van der Waals surface area contributed by atoms with Gasteiger partial charge in [-0.2, -0.15) is 0 Å². The number of carbonyl (C=O) groups is 1. The monoisotopic (exact) mass is 595 g/mol. The fourth-order valence-corrected chi connectivity index (χ4v) is 4.89. The Kier molecular flexibility index (Phi) is 9.99. The molecule has 0 bridgehead atoms. The summed E-state index contributed by atoms with van der Waals surface area (Å²) in [5, 5.41) is 6.87. The summed E-state index contributed by atoms with van der Waals surface area (Å²) in [5.41, 5.74) is 2.47. The van der Waals surface area contributed by atoms with Gasteiger partial charge in [0.15, 0.2) is 11.5 Å². The molecule has 2 N–H and O–H groups in total. The molecule has 11 heteroatoms. The van der Waals surface area contributed by atoms with Gasteiger partial charge in [0.1, 0.15) is 5.75 Å². The summed E-state index contributed by atoms with van der Waals surface area (Å²) in [6.45, 7) is 5.27. The third-order valence-corrected chi connectivity index (χ3v) is 6.81. The number of methoxy groups -OCH3 is 2. The Labute approximate surface area is 248 Å². The Hall–Kier alpha value is -3.92. The van der Waals surface area contributed by atoms with Crippen LogP contribution in [0.25, 0.3) is 10.9 Å². The summed E-state index contributed by atoms with van der Waals surface area (Å²) < 4.78 is 12.1. The van der Waals surface area contributed by atoms with E-state index in [0.29, 0.717) is 35.2 Å². The number of rotatable bonds is 11. The molecule has 0 aliphatic rings. The summed E-state index contributed by atoms with van der Waals surface area (Å²) in [7, 11) is 3.09. The highest BCUT2D eigenvalue weighted by Crippen LogP contribution is 2.28. The summed E-state index contributed by atoms with van der Waals surface area (Å²) in [4.78, 5) is 37.3. The minimum Gasteiger partial charge on any atom is -0.495 e. The van der Waals surface area contributed by atoms with Gasteiger partial charge in [-0.1, -0.05) is 35.3 Å². The van der Waals surface area contributed by atoms with Crippen LogP contribution in [0.1, 0.15) is 24.7 Å². The Balaban J connectivity index is 1.97. The van der Waals surface area contributed by atoms with E-state index < -0.39 is 11.5 Å². The number of para-hydroxylation sites is 2. The molecule has 0 saturated heterocycles. The molecule has 214 valence electrons. The number of ether oxygens (including phenoxy) is 2. The zero-order valence-corrected chi connectivity index (χ0v) is 24.8. The van der Waals surface area contributed by atoms with Crippen LogP contribution in [0.2, 0.25) is 10.0 Å². The van der Waals surface area contributed by atoms with E-state index in [0.717, 1.165) is 17.8 Å². The first-order valence-electron chi connectivity index (χ1n) is 13.0. The van der Waals surface area contributed by atoms with E-state index in [4.69, 9.17) is 42.7 Å². The SMILES string of the molecule is CCNc1ccc(/N=C(\C(=O)Nc2ccccc2OC)c2nc3c(Cl)cc(Cl)cc3c(=O)n2CCCOC)c(C)c1. The second-order valence-electron chi connectivity index (χ2n) is 9.17. The van der Waals surface area contributed by atoms with Crippen molar-refractivity contribution in [1.29, 1.82) is 0 Å². The molecule has 0 aliphatic heterocycles. The van der Waals surface area contributed by atoms with Gasteiger partial charge in [0.2, 0.25) is 0 Å². The molecule has 4 rings (SSSR count). The van der Waals surface area contributed by atoms with E-state index in [1.807, 2.05) is 32.0 Å². The molecular weight excluding hydrogens is 565 g/mol. The highest BCUT2D eigenvalue weighted by Gasteiger charge is 2.25. The molecule has 0 fully saturated rings. The maximum atomic E-state index is 14.0. The molecule has 1 aromatic heterocycles. The van der Waals surface area contributed by atoms with Crippen LogP contribution in [0, 0.1) is 6.92 Å². The zero-order chi connectivity index (χ0) is 29.5. The smallest absolute Gasteiger partial charge is 0.278 e. The number of anilines is 2. The molecule has 0 unspecified atom stereocenters. The summed E-state index contributed by atoms with van der Waals surface area (Å²) in [6, 6.07) is 15.7. The number of halogens is 2. The van der Waals surface area contributed by atoms with Crippen molar-refractivity contribution < 1.29 is 14.3 Å². The molecule has 0 saturated carbocycles. The van der Waals surface area contributed by atoms with Gasteiger partial charge in [-0.15, -0.1) is 0 Å². The Morgan fingerprint density at radius 3 is 2.59 bits per heavy atom. The highest BCUT2D eigenvalue weighted by molar-refractivity contribution is 6.48. The summed E-state index contributed by atoms with van der Waals surface area (Å²) in [6.07, 6.45) is 0.489. The van der Waals surface area contributed by atoms with Gasteiger partial charge >= 0.3 is 0 Å². The number of nitrogens with one attached hydrogen (secondary N) is 2. The van der Waals surface area contributed by atoms with E-state index in [1.54, 1.807) is 31.4 Å². The molecule has 3 aromatic carbocycles. The maximum absolute atomic E-state index is 14.0. The van der Waals surface area contributed by atoms with Crippen molar-refractivity contribution in [2.45, 2.75) is 26.8 Å². The highest BCUT2D eigenvalue weighted by atomic mass is 35.5. The van der Waals surface area contributed by atoms with Crippen LogP contribution in [-0.2, 0) is 16.1 Å². The lowest BCUT2D eigenvalue weighted by molar-refractivity contribution is -0.110. The Bertz CT molecular complexity index is 1670. The molecule has 41 heavy (non-hydrogen) atoms. The van der Waals surface area contributed by atoms with E-state index in [2.05, 4.69) is 10.6 Å².